The van der Waals surface area contributed by atoms with E-state index in [1.807, 2.05) is 6.07 Å². The number of fused-ring (bicyclic) bond motifs is 1. The molecule has 2 rings (SSSR count). The van der Waals surface area contributed by atoms with Gasteiger partial charge in [-0.15, -0.1) is 0 Å². The number of pyridine rings is 1. The Morgan fingerprint density at radius 3 is 2.78 bits per heavy atom. The second-order valence-electron chi connectivity index (χ2n) is 7.05. The van der Waals surface area contributed by atoms with Crippen molar-refractivity contribution in [2.75, 3.05) is 18.5 Å². The number of aromatic nitrogens is 1. The van der Waals surface area contributed by atoms with Crippen molar-refractivity contribution >= 4 is 29.9 Å². The zero-order chi connectivity index (χ0) is 20.0. The lowest BCUT2D eigenvalue weighted by Crippen LogP contribution is -2.40. The number of esters is 2. The summed E-state index contributed by atoms with van der Waals surface area (Å²) >= 11 is 0. The molecule has 8 heteroatoms. The highest BCUT2D eigenvalue weighted by atomic mass is 16.6. The Morgan fingerprint density at radius 1 is 1.37 bits per heavy atom. The number of nitrogens with one attached hydrogen (secondary N) is 1. The molecule has 2 heterocycles. The maximum absolute atomic E-state index is 12.1. The van der Waals surface area contributed by atoms with Gasteiger partial charge in [-0.3, -0.25) is 10.1 Å². The summed E-state index contributed by atoms with van der Waals surface area (Å²) in [5.74, 6) is -0.311. The molecule has 2 amide bonds. The first kappa shape index (κ1) is 20.4. The normalized spacial score (nSPS) is 13.9. The summed E-state index contributed by atoms with van der Waals surface area (Å²) in [7, 11) is 0. The van der Waals surface area contributed by atoms with Crippen LogP contribution in [-0.2, 0) is 25.6 Å². The van der Waals surface area contributed by atoms with Crippen molar-refractivity contribution in [2.24, 2.45) is 0 Å². The molecule has 0 aliphatic carbocycles. The van der Waals surface area contributed by atoms with Gasteiger partial charge >= 0.3 is 18.0 Å². The van der Waals surface area contributed by atoms with E-state index < -0.39 is 11.6 Å². The van der Waals surface area contributed by atoms with Crippen LogP contribution in [0.25, 0.3) is 6.08 Å². The summed E-state index contributed by atoms with van der Waals surface area (Å²) in [6.07, 6.45) is 4.64. The van der Waals surface area contributed by atoms with Crippen LogP contribution in [0.15, 0.2) is 18.3 Å². The Labute approximate surface area is 158 Å². The van der Waals surface area contributed by atoms with Crippen LogP contribution in [0.3, 0.4) is 0 Å². The van der Waals surface area contributed by atoms with E-state index in [0.29, 0.717) is 24.5 Å². The smallest absolute Gasteiger partial charge is 0.331 e. The molecule has 0 saturated heterocycles. The molecule has 0 fully saturated rings. The van der Waals surface area contributed by atoms with E-state index in [0.717, 1.165) is 5.56 Å². The Morgan fingerprint density at radius 2 is 2.11 bits per heavy atom. The number of anilines is 1. The third-order valence-corrected chi connectivity index (χ3v) is 3.57. The van der Waals surface area contributed by atoms with Crippen LogP contribution < -0.4 is 5.32 Å². The van der Waals surface area contributed by atoms with Crippen molar-refractivity contribution in [1.29, 1.82) is 0 Å². The molecular formula is C19H25N3O5. The molecule has 27 heavy (non-hydrogen) atoms. The molecule has 1 aromatic heterocycles. The predicted molar refractivity (Wildman–Crippen MR) is 99.8 cm³/mol. The molecule has 1 aliphatic heterocycles. The average molecular weight is 375 g/mol. The number of amides is 2. The molecule has 1 aliphatic rings. The van der Waals surface area contributed by atoms with Crippen LogP contribution in [-0.4, -0.2) is 46.6 Å². The summed E-state index contributed by atoms with van der Waals surface area (Å²) in [6.45, 7) is 8.01. The van der Waals surface area contributed by atoms with Crippen molar-refractivity contribution < 1.29 is 23.9 Å². The number of carbonyl (C=O) groups excluding carboxylic acids is 3. The maximum Gasteiger partial charge on any atom is 0.331 e. The van der Waals surface area contributed by atoms with Gasteiger partial charge in [0.1, 0.15) is 11.4 Å². The average Bonchev–Trinajstić information content (AvgIpc) is 2.57. The van der Waals surface area contributed by atoms with Crippen molar-refractivity contribution in [2.45, 2.75) is 46.3 Å². The molecule has 0 atom stereocenters. The monoisotopic (exact) mass is 375 g/mol. The fourth-order valence-electron chi connectivity index (χ4n) is 2.45. The number of hydrogen-bond acceptors (Lipinski definition) is 6. The van der Waals surface area contributed by atoms with Crippen molar-refractivity contribution in [3.63, 3.8) is 0 Å². The molecular weight excluding hydrogens is 350 g/mol. The number of rotatable bonds is 6. The summed E-state index contributed by atoms with van der Waals surface area (Å²) in [4.78, 5) is 41.1. The van der Waals surface area contributed by atoms with Crippen LogP contribution in [0.2, 0.25) is 0 Å². The van der Waals surface area contributed by atoms with Crippen molar-refractivity contribution in [3.8, 4) is 0 Å². The third kappa shape index (κ3) is 6.40. The first-order valence-electron chi connectivity index (χ1n) is 8.79. The molecule has 8 nitrogen and oxygen atoms in total. The minimum atomic E-state index is -0.556. The van der Waals surface area contributed by atoms with Gasteiger partial charge in [0.15, 0.2) is 0 Å². The van der Waals surface area contributed by atoms with Crippen LogP contribution in [0.5, 0.6) is 0 Å². The van der Waals surface area contributed by atoms with Gasteiger partial charge in [-0.25, -0.2) is 14.6 Å². The Balaban J connectivity index is 2.03. The van der Waals surface area contributed by atoms with Crippen molar-refractivity contribution in [3.05, 3.63) is 29.5 Å². The van der Waals surface area contributed by atoms with Gasteiger partial charge in [-0.1, -0.05) is 0 Å². The van der Waals surface area contributed by atoms with Crippen LogP contribution in [0.1, 0.15) is 45.2 Å². The topological polar surface area (TPSA) is 97.8 Å². The van der Waals surface area contributed by atoms with Crippen molar-refractivity contribution in [1.82, 2.24) is 9.88 Å². The Kier molecular flexibility index (Phi) is 6.55. The first-order valence-corrected chi connectivity index (χ1v) is 8.79. The van der Waals surface area contributed by atoms with E-state index in [9.17, 15) is 14.4 Å². The third-order valence-electron chi connectivity index (χ3n) is 3.57. The summed E-state index contributed by atoms with van der Waals surface area (Å²) in [5.41, 5.74) is 0.949. The molecule has 1 aromatic rings. The Hall–Kier alpha value is -2.90. The van der Waals surface area contributed by atoms with Gasteiger partial charge in [0.25, 0.3) is 0 Å². The van der Waals surface area contributed by atoms with E-state index >= 15 is 0 Å². The molecule has 0 radical (unpaired) electrons. The quantitative estimate of drug-likeness (QED) is 0.606. The zero-order valence-electron chi connectivity index (χ0n) is 16.1. The highest BCUT2D eigenvalue weighted by Gasteiger charge is 2.24. The molecule has 0 aromatic carbocycles. The lowest BCUT2D eigenvalue weighted by atomic mass is 10.1. The summed E-state index contributed by atoms with van der Waals surface area (Å²) in [6, 6.07) is 1.52. The number of ether oxygens (including phenoxy) is 2. The highest BCUT2D eigenvalue weighted by molar-refractivity contribution is 5.92. The van der Waals surface area contributed by atoms with Crippen LogP contribution in [0.4, 0.5) is 10.6 Å². The van der Waals surface area contributed by atoms with E-state index in [1.165, 1.54) is 11.0 Å². The minimum absolute atomic E-state index is 0.127. The van der Waals surface area contributed by atoms with E-state index in [1.54, 1.807) is 40.0 Å². The number of carbonyl (C=O) groups is 3. The standard InChI is InChI=1S/C19H25N3O5/c1-5-26-15(23)8-9-22-12-14-10-13(11-20-17(14)21-18(22)25)6-7-16(24)27-19(2,3)4/h6-7,10-11H,5,8-9,12H2,1-4H3,(H,20,21,25)/b7-6+. The summed E-state index contributed by atoms with van der Waals surface area (Å²) < 4.78 is 10.1. The second kappa shape index (κ2) is 8.66. The Bertz CT molecular complexity index is 752. The van der Waals surface area contributed by atoms with Gasteiger partial charge < -0.3 is 14.4 Å². The molecule has 1 N–H and O–H groups in total. The molecule has 146 valence electrons. The van der Waals surface area contributed by atoms with Gasteiger partial charge in [0.05, 0.1) is 19.6 Å². The summed E-state index contributed by atoms with van der Waals surface area (Å²) in [5, 5.41) is 2.70. The highest BCUT2D eigenvalue weighted by Crippen LogP contribution is 2.22. The largest absolute Gasteiger partial charge is 0.466 e. The van der Waals surface area contributed by atoms with Gasteiger partial charge in [0, 0.05) is 24.4 Å². The van der Waals surface area contributed by atoms with E-state index in [-0.39, 0.29) is 25.0 Å². The van der Waals surface area contributed by atoms with Gasteiger partial charge in [-0.05, 0) is 45.4 Å². The van der Waals surface area contributed by atoms with Gasteiger partial charge in [-0.2, -0.15) is 0 Å². The lowest BCUT2D eigenvalue weighted by molar-refractivity contribution is -0.148. The molecule has 0 unspecified atom stereocenters. The predicted octanol–water partition coefficient (Wildman–Crippen LogP) is 2.74. The maximum atomic E-state index is 12.1. The zero-order valence-corrected chi connectivity index (χ0v) is 16.1. The first-order chi connectivity index (χ1) is 12.7. The number of urea groups is 1. The van der Waals surface area contributed by atoms with Crippen LogP contribution in [0, 0.1) is 0 Å². The molecule has 0 spiro atoms. The molecule has 0 saturated carbocycles. The van der Waals surface area contributed by atoms with Gasteiger partial charge in [0.2, 0.25) is 0 Å². The fraction of sp³-hybridized carbons (Fsp3) is 0.474. The fourth-order valence-corrected chi connectivity index (χ4v) is 2.45. The van der Waals surface area contributed by atoms with E-state index in [4.69, 9.17) is 9.47 Å². The number of hydrogen-bond donors (Lipinski definition) is 1. The van der Waals surface area contributed by atoms with E-state index in [2.05, 4.69) is 10.3 Å². The lowest BCUT2D eigenvalue weighted by Gasteiger charge is -2.28. The molecule has 0 bridgehead atoms. The second-order valence-corrected chi connectivity index (χ2v) is 7.05. The minimum Gasteiger partial charge on any atom is -0.466 e. The SMILES string of the molecule is CCOC(=O)CCN1Cc2cc(/C=C/C(=O)OC(C)(C)C)cnc2NC1=O. The van der Waals surface area contributed by atoms with Crippen LogP contribution >= 0.6 is 0 Å². The number of nitrogens with zero attached hydrogens (tertiary/aromatic N) is 2.